The molecule has 2 aromatic rings. The number of hydrogen-bond acceptors (Lipinski definition) is 4. The van der Waals surface area contributed by atoms with Crippen molar-refractivity contribution in [1.82, 2.24) is 10.3 Å². The second-order valence-electron chi connectivity index (χ2n) is 6.74. The highest BCUT2D eigenvalue weighted by Crippen LogP contribution is 2.31. The maximum absolute atomic E-state index is 12.5. The largest absolute Gasteiger partial charge is 0.353 e. The zero-order valence-corrected chi connectivity index (χ0v) is 14.1. The van der Waals surface area contributed by atoms with E-state index in [1.807, 2.05) is 6.07 Å². The number of thiazole rings is 1. The van der Waals surface area contributed by atoms with Crippen LogP contribution in [0.2, 0.25) is 0 Å². The average molecular weight is 329 g/mol. The van der Waals surface area contributed by atoms with Crippen molar-refractivity contribution in [3.63, 3.8) is 0 Å². The van der Waals surface area contributed by atoms with Gasteiger partial charge in [-0.2, -0.15) is 0 Å². The van der Waals surface area contributed by atoms with Crippen LogP contribution in [0.25, 0.3) is 10.2 Å². The van der Waals surface area contributed by atoms with E-state index < -0.39 is 0 Å². The smallest absolute Gasteiger partial charge is 0.225 e. The van der Waals surface area contributed by atoms with Gasteiger partial charge >= 0.3 is 0 Å². The minimum absolute atomic E-state index is 0.108. The number of rotatable bonds is 3. The Morgan fingerprint density at radius 1 is 1.17 bits per heavy atom. The lowest BCUT2D eigenvalue weighted by Gasteiger charge is -2.32. The molecule has 1 saturated carbocycles. The number of carbonyl (C=O) groups is 1. The Morgan fingerprint density at radius 3 is 2.83 bits per heavy atom. The maximum Gasteiger partial charge on any atom is 0.225 e. The van der Waals surface area contributed by atoms with Gasteiger partial charge in [0, 0.05) is 19.1 Å². The van der Waals surface area contributed by atoms with E-state index >= 15 is 0 Å². The van der Waals surface area contributed by atoms with Gasteiger partial charge in [0.25, 0.3) is 0 Å². The van der Waals surface area contributed by atoms with E-state index in [-0.39, 0.29) is 11.8 Å². The van der Waals surface area contributed by atoms with Crippen LogP contribution in [0.15, 0.2) is 24.3 Å². The molecular formula is C18H23N3OS. The second kappa shape index (κ2) is 6.48. The molecule has 1 atom stereocenters. The van der Waals surface area contributed by atoms with Crippen LogP contribution in [0.5, 0.6) is 0 Å². The van der Waals surface area contributed by atoms with Crippen LogP contribution in [0, 0.1) is 5.92 Å². The third kappa shape index (κ3) is 3.20. The zero-order valence-electron chi connectivity index (χ0n) is 13.3. The summed E-state index contributed by atoms with van der Waals surface area (Å²) in [7, 11) is 0. The number of piperidine rings is 1. The van der Waals surface area contributed by atoms with E-state index in [1.54, 1.807) is 11.3 Å². The van der Waals surface area contributed by atoms with Gasteiger partial charge in [-0.1, -0.05) is 36.3 Å². The van der Waals surface area contributed by atoms with Crippen molar-refractivity contribution in [2.45, 2.75) is 44.6 Å². The van der Waals surface area contributed by atoms with Gasteiger partial charge in [-0.3, -0.25) is 4.79 Å². The fraction of sp³-hybridized carbons (Fsp3) is 0.556. The number of nitrogens with one attached hydrogen (secondary N) is 1. The van der Waals surface area contributed by atoms with Crippen LogP contribution in [0.1, 0.15) is 38.5 Å². The summed E-state index contributed by atoms with van der Waals surface area (Å²) in [5.74, 6) is 0.360. The summed E-state index contributed by atoms with van der Waals surface area (Å²) in [4.78, 5) is 19.6. The third-order valence-corrected chi connectivity index (χ3v) is 6.14. The van der Waals surface area contributed by atoms with Gasteiger partial charge in [-0.25, -0.2) is 4.98 Å². The van der Waals surface area contributed by atoms with E-state index in [1.165, 1.54) is 17.5 Å². The Labute approximate surface area is 140 Å². The summed E-state index contributed by atoms with van der Waals surface area (Å²) in [6.07, 6.45) is 6.89. The molecule has 1 aromatic heterocycles. The highest BCUT2D eigenvalue weighted by molar-refractivity contribution is 7.22. The predicted octanol–water partition coefficient (Wildman–Crippen LogP) is 3.57. The minimum Gasteiger partial charge on any atom is -0.353 e. The first-order valence-corrected chi connectivity index (χ1v) is 9.52. The highest BCUT2D eigenvalue weighted by Gasteiger charge is 2.29. The first-order chi connectivity index (χ1) is 11.3. The Kier molecular flexibility index (Phi) is 4.21. The molecule has 122 valence electrons. The van der Waals surface area contributed by atoms with Gasteiger partial charge in [-0.15, -0.1) is 0 Å². The summed E-state index contributed by atoms with van der Waals surface area (Å²) < 4.78 is 1.22. The minimum atomic E-state index is 0.108. The number of nitrogens with zero attached hydrogens (tertiary/aromatic N) is 2. The number of benzene rings is 1. The maximum atomic E-state index is 12.5. The fourth-order valence-electron chi connectivity index (χ4n) is 3.75. The topological polar surface area (TPSA) is 45.2 Å². The summed E-state index contributed by atoms with van der Waals surface area (Å²) in [6.45, 7) is 1.81. The van der Waals surface area contributed by atoms with Gasteiger partial charge in [0.05, 0.1) is 16.1 Å². The molecule has 2 fully saturated rings. The van der Waals surface area contributed by atoms with Crippen molar-refractivity contribution in [2.75, 3.05) is 18.0 Å². The van der Waals surface area contributed by atoms with E-state index in [2.05, 4.69) is 28.4 Å². The van der Waals surface area contributed by atoms with Crippen LogP contribution in [0.3, 0.4) is 0 Å². The van der Waals surface area contributed by atoms with Crippen molar-refractivity contribution in [1.29, 1.82) is 0 Å². The van der Waals surface area contributed by atoms with Gasteiger partial charge in [0.1, 0.15) is 0 Å². The number of fused-ring (bicyclic) bond motifs is 1. The number of para-hydroxylation sites is 1. The molecule has 0 bridgehead atoms. The first kappa shape index (κ1) is 14.9. The van der Waals surface area contributed by atoms with Crippen LogP contribution in [0.4, 0.5) is 5.13 Å². The molecule has 1 aliphatic heterocycles. The number of anilines is 1. The molecule has 2 heterocycles. The molecule has 0 spiro atoms. The Bertz CT molecular complexity index is 659. The predicted molar refractivity (Wildman–Crippen MR) is 95.0 cm³/mol. The van der Waals surface area contributed by atoms with E-state index in [0.717, 1.165) is 49.4 Å². The van der Waals surface area contributed by atoms with Gasteiger partial charge in [-0.05, 0) is 37.8 Å². The van der Waals surface area contributed by atoms with Gasteiger partial charge in [0.2, 0.25) is 5.91 Å². The molecule has 1 aliphatic carbocycles. The molecule has 0 unspecified atom stereocenters. The summed E-state index contributed by atoms with van der Waals surface area (Å²) in [5.41, 5.74) is 1.06. The Morgan fingerprint density at radius 2 is 2.00 bits per heavy atom. The molecule has 5 heteroatoms. The molecule has 2 aliphatic rings. The fourth-order valence-corrected chi connectivity index (χ4v) is 4.75. The van der Waals surface area contributed by atoms with Crippen molar-refractivity contribution >= 4 is 32.6 Å². The Hall–Kier alpha value is -1.62. The van der Waals surface area contributed by atoms with Crippen molar-refractivity contribution < 1.29 is 4.79 Å². The molecule has 0 radical (unpaired) electrons. The average Bonchev–Trinajstić information content (AvgIpc) is 3.24. The molecular weight excluding hydrogens is 306 g/mol. The normalized spacial score (nSPS) is 22.6. The molecule has 4 rings (SSSR count). The lowest BCUT2D eigenvalue weighted by Crippen LogP contribution is -2.45. The summed E-state index contributed by atoms with van der Waals surface area (Å²) in [5, 5.41) is 4.32. The molecule has 1 amide bonds. The standard InChI is InChI=1S/C18H23N3OS/c22-17(19-14-7-1-2-8-14)13-6-5-11-21(12-13)18-20-15-9-3-4-10-16(15)23-18/h3-4,9-10,13-14H,1-2,5-8,11-12H2,(H,19,22)/t13-/m0/s1. The lowest BCUT2D eigenvalue weighted by atomic mass is 9.97. The summed E-state index contributed by atoms with van der Waals surface area (Å²) >= 11 is 1.73. The van der Waals surface area contributed by atoms with Gasteiger partial charge in [0.15, 0.2) is 5.13 Å². The van der Waals surface area contributed by atoms with Crippen LogP contribution in [-0.4, -0.2) is 30.0 Å². The first-order valence-electron chi connectivity index (χ1n) is 8.70. The number of hydrogen-bond donors (Lipinski definition) is 1. The number of carbonyl (C=O) groups excluding carboxylic acids is 1. The second-order valence-corrected chi connectivity index (χ2v) is 7.75. The van der Waals surface area contributed by atoms with E-state index in [9.17, 15) is 4.79 Å². The van der Waals surface area contributed by atoms with Gasteiger partial charge < -0.3 is 10.2 Å². The van der Waals surface area contributed by atoms with E-state index in [0.29, 0.717) is 6.04 Å². The van der Waals surface area contributed by atoms with Crippen LogP contribution >= 0.6 is 11.3 Å². The number of amides is 1. The molecule has 1 N–H and O–H groups in total. The highest BCUT2D eigenvalue weighted by atomic mass is 32.1. The lowest BCUT2D eigenvalue weighted by molar-refractivity contribution is -0.125. The van der Waals surface area contributed by atoms with Crippen molar-refractivity contribution in [2.24, 2.45) is 5.92 Å². The molecule has 1 saturated heterocycles. The zero-order chi connectivity index (χ0) is 15.6. The third-order valence-electron chi connectivity index (χ3n) is 5.05. The van der Waals surface area contributed by atoms with E-state index in [4.69, 9.17) is 4.98 Å². The number of aromatic nitrogens is 1. The summed E-state index contributed by atoms with van der Waals surface area (Å²) in [6, 6.07) is 8.67. The molecule has 1 aromatic carbocycles. The quantitative estimate of drug-likeness (QED) is 0.936. The van der Waals surface area contributed by atoms with Crippen molar-refractivity contribution in [3.05, 3.63) is 24.3 Å². The Balaban J connectivity index is 1.44. The van der Waals surface area contributed by atoms with Crippen LogP contribution in [-0.2, 0) is 4.79 Å². The molecule has 4 nitrogen and oxygen atoms in total. The van der Waals surface area contributed by atoms with Crippen molar-refractivity contribution in [3.8, 4) is 0 Å². The van der Waals surface area contributed by atoms with Crippen LogP contribution < -0.4 is 10.2 Å². The SMILES string of the molecule is O=C(NC1CCCC1)[C@H]1CCCN(c2nc3ccccc3s2)C1. The monoisotopic (exact) mass is 329 g/mol. The molecule has 23 heavy (non-hydrogen) atoms.